The molecule has 31 heavy (non-hydrogen) atoms. The van der Waals surface area contributed by atoms with Gasteiger partial charge in [-0.25, -0.2) is 9.78 Å². The van der Waals surface area contributed by atoms with E-state index in [2.05, 4.69) is 26.1 Å². The van der Waals surface area contributed by atoms with Crippen LogP contribution in [0.2, 0.25) is 10.0 Å². The van der Waals surface area contributed by atoms with E-state index in [1.165, 1.54) is 0 Å². The molecule has 0 unspecified atom stereocenters. The van der Waals surface area contributed by atoms with Crippen molar-refractivity contribution in [3.63, 3.8) is 0 Å². The molecule has 7 nitrogen and oxygen atoms in total. The number of anilines is 1. The summed E-state index contributed by atoms with van der Waals surface area (Å²) in [7, 11) is 0. The number of primary amides is 1. The minimum absolute atomic E-state index is 0.185. The van der Waals surface area contributed by atoms with Crippen molar-refractivity contribution in [3.05, 3.63) is 45.1 Å². The number of piperidine rings is 1. The summed E-state index contributed by atoms with van der Waals surface area (Å²) in [4.78, 5) is 31.1. The number of carbonyl (C=O) groups is 2. The quantitative estimate of drug-likeness (QED) is 0.564. The number of pyridine rings is 1. The van der Waals surface area contributed by atoms with Gasteiger partial charge in [0.15, 0.2) is 0 Å². The van der Waals surface area contributed by atoms with Crippen molar-refractivity contribution in [1.29, 1.82) is 0 Å². The maximum absolute atomic E-state index is 12.8. The topological polar surface area (TPSA) is 97.6 Å². The molecule has 0 atom stereocenters. The second kappa shape index (κ2) is 8.48. The van der Waals surface area contributed by atoms with Gasteiger partial charge in [-0.2, -0.15) is 0 Å². The molecule has 3 N–H and O–H groups in total. The van der Waals surface area contributed by atoms with Gasteiger partial charge in [0, 0.05) is 48.9 Å². The van der Waals surface area contributed by atoms with Gasteiger partial charge in [-0.1, -0.05) is 51.3 Å². The summed E-state index contributed by atoms with van der Waals surface area (Å²) in [6, 6.07) is 5.30. The molecule has 1 fully saturated rings. The molecule has 0 aliphatic carbocycles. The van der Waals surface area contributed by atoms with Crippen LogP contribution in [0.4, 0.5) is 10.5 Å². The Kier molecular flexibility index (Phi) is 6.07. The third-order valence-corrected chi connectivity index (χ3v) is 7.16. The molecule has 4 rings (SSSR count). The van der Waals surface area contributed by atoms with Crippen molar-refractivity contribution in [2.24, 2.45) is 5.73 Å². The van der Waals surface area contributed by atoms with E-state index in [0.717, 1.165) is 16.9 Å². The van der Waals surface area contributed by atoms with Gasteiger partial charge in [-0.15, -0.1) is 0 Å². The number of ether oxygens (including phenoxy) is 1. The van der Waals surface area contributed by atoms with Crippen molar-refractivity contribution in [2.75, 3.05) is 18.0 Å². The highest BCUT2D eigenvalue weighted by Gasteiger charge is 2.37. The zero-order valence-electron chi connectivity index (χ0n) is 16.8. The number of hydrogen-bond donors (Lipinski definition) is 2. The number of aromatic nitrogens is 1. The van der Waals surface area contributed by atoms with Crippen molar-refractivity contribution >= 4 is 56.8 Å². The maximum atomic E-state index is 12.8. The van der Waals surface area contributed by atoms with Crippen LogP contribution in [0, 0.1) is 0 Å². The number of benzene rings is 1. The summed E-state index contributed by atoms with van der Waals surface area (Å²) < 4.78 is 5.32. The van der Waals surface area contributed by atoms with E-state index in [1.54, 1.807) is 12.1 Å². The van der Waals surface area contributed by atoms with Crippen LogP contribution in [0.1, 0.15) is 41.4 Å². The van der Waals surface area contributed by atoms with Gasteiger partial charge in [0.25, 0.3) is 5.91 Å². The minimum atomic E-state index is -0.766. The van der Waals surface area contributed by atoms with Gasteiger partial charge in [-0.3, -0.25) is 4.79 Å². The minimum Gasteiger partial charge on any atom is -0.443 e. The molecule has 2 aromatic rings. The molecule has 1 saturated heterocycles. The monoisotopic (exact) mass is 526 g/mol. The standard InChI is InChI=1S/C21H21BrCl2N4O3/c1-21(31-20(25)30)5-7-28(8-6-21)18-12-10-26-19(29)15(12)17(27-14(18)9-22)11-3-2-4-13(23)16(11)24/h2-4H,5-10H2,1H3,(H2,25,30)(H,26,29). The summed E-state index contributed by atoms with van der Waals surface area (Å²) in [5.41, 5.74) is 8.91. The summed E-state index contributed by atoms with van der Waals surface area (Å²) >= 11 is 16.2. The van der Waals surface area contributed by atoms with Gasteiger partial charge in [0.2, 0.25) is 0 Å². The van der Waals surface area contributed by atoms with E-state index in [4.69, 9.17) is 38.7 Å². The van der Waals surface area contributed by atoms with E-state index in [9.17, 15) is 9.59 Å². The van der Waals surface area contributed by atoms with E-state index in [0.29, 0.717) is 64.7 Å². The Morgan fingerprint density at radius 2 is 2.06 bits per heavy atom. The molecule has 2 aliphatic rings. The summed E-state index contributed by atoms with van der Waals surface area (Å²) in [6.45, 7) is 3.58. The number of nitrogens with zero attached hydrogens (tertiary/aromatic N) is 2. The molecule has 0 saturated carbocycles. The van der Waals surface area contributed by atoms with Crippen LogP contribution in [0.25, 0.3) is 11.3 Å². The largest absolute Gasteiger partial charge is 0.443 e. The van der Waals surface area contributed by atoms with Crippen LogP contribution < -0.4 is 16.0 Å². The molecular formula is C21H21BrCl2N4O3. The molecule has 1 aromatic heterocycles. The smallest absolute Gasteiger partial charge is 0.405 e. The predicted molar refractivity (Wildman–Crippen MR) is 124 cm³/mol. The first kappa shape index (κ1) is 22.2. The average molecular weight is 528 g/mol. The third-order valence-electron chi connectivity index (χ3n) is 5.81. The fourth-order valence-corrected chi connectivity index (χ4v) is 5.03. The molecule has 3 heterocycles. The lowest BCUT2D eigenvalue weighted by molar-refractivity contribution is 0.0127. The van der Waals surface area contributed by atoms with E-state index < -0.39 is 11.7 Å². The van der Waals surface area contributed by atoms with Crippen molar-refractivity contribution in [1.82, 2.24) is 10.3 Å². The number of nitrogens with two attached hydrogens (primary N) is 1. The van der Waals surface area contributed by atoms with Crippen LogP contribution in [0.3, 0.4) is 0 Å². The summed E-state index contributed by atoms with van der Waals surface area (Å²) in [5, 5.41) is 4.19. The molecule has 0 radical (unpaired) electrons. The Bertz CT molecular complexity index is 1070. The Morgan fingerprint density at radius 3 is 2.71 bits per heavy atom. The van der Waals surface area contributed by atoms with Crippen LogP contribution in [-0.2, 0) is 16.6 Å². The van der Waals surface area contributed by atoms with Gasteiger partial charge in [0.05, 0.1) is 32.7 Å². The van der Waals surface area contributed by atoms with Gasteiger partial charge >= 0.3 is 6.09 Å². The highest BCUT2D eigenvalue weighted by molar-refractivity contribution is 9.08. The Balaban J connectivity index is 1.79. The lowest BCUT2D eigenvalue weighted by Gasteiger charge is -2.40. The van der Waals surface area contributed by atoms with Crippen LogP contribution in [-0.4, -0.2) is 35.7 Å². The van der Waals surface area contributed by atoms with Gasteiger partial charge < -0.3 is 20.7 Å². The predicted octanol–water partition coefficient (Wildman–Crippen LogP) is 4.65. The fraction of sp³-hybridized carbons (Fsp3) is 0.381. The summed E-state index contributed by atoms with van der Waals surface area (Å²) in [6.07, 6.45) is 0.475. The maximum Gasteiger partial charge on any atom is 0.405 e. The molecule has 164 valence electrons. The fourth-order valence-electron chi connectivity index (χ4n) is 4.25. The number of alkyl halides is 1. The molecular weight excluding hydrogens is 507 g/mol. The SMILES string of the molecule is CC1(OC(N)=O)CCN(c2c(CBr)nc(-c3cccc(Cl)c3Cl)c3c2CNC3=O)CC1. The molecule has 10 heteroatoms. The first-order chi connectivity index (χ1) is 14.7. The average Bonchev–Trinajstić information content (AvgIpc) is 3.11. The van der Waals surface area contributed by atoms with Gasteiger partial charge in [0.1, 0.15) is 5.60 Å². The van der Waals surface area contributed by atoms with Crippen molar-refractivity contribution in [3.8, 4) is 11.3 Å². The highest BCUT2D eigenvalue weighted by atomic mass is 79.9. The highest BCUT2D eigenvalue weighted by Crippen LogP contribution is 2.42. The van der Waals surface area contributed by atoms with Crippen LogP contribution in [0.15, 0.2) is 18.2 Å². The van der Waals surface area contributed by atoms with E-state index in [1.807, 2.05) is 13.0 Å². The number of nitrogens with one attached hydrogen (secondary N) is 1. The second-order valence-corrected chi connectivity index (χ2v) is 9.23. The Hall–Kier alpha value is -2.03. The molecule has 2 aliphatic heterocycles. The number of fused-ring (bicyclic) bond motifs is 1. The lowest BCUT2D eigenvalue weighted by Crippen LogP contribution is -2.46. The molecule has 0 bridgehead atoms. The molecule has 2 amide bonds. The number of halogens is 3. The normalized spacial score (nSPS) is 17.3. The first-order valence-electron chi connectivity index (χ1n) is 9.82. The van der Waals surface area contributed by atoms with E-state index in [-0.39, 0.29) is 5.91 Å². The molecule has 0 spiro atoms. The number of rotatable bonds is 4. The number of hydrogen-bond acceptors (Lipinski definition) is 5. The first-order valence-corrected chi connectivity index (χ1v) is 11.7. The van der Waals surface area contributed by atoms with E-state index >= 15 is 0 Å². The zero-order valence-corrected chi connectivity index (χ0v) is 19.9. The second-order valence-electron chi connectivity index (χ2n) is 7.89. The third kappa shape index (κ3) is 4.08. The van der Waals surface area contributed by atoms with Gasteiger partial charge in [-0.05, 0) is 13.0 Å². The molecule has 1 aromatic carbocycles. The lowest BCUT2D eigenvalue weighted by atomic mass is 9.91. The van der Waals surface area contributed by atoms with Crippen molar-refractivity contribution < 1.29 is 14.3 Å². The summed E-state index contributed by atoms with van der Waals surface area (Å²) in [5.74, 6) is -0.185. The zero-order chi connectivity index (χ0) is 22.3. The number of carbonyl (C=O) groups excluding carboxylic acids is 2. The van der Waals surface area contributed by atoms with Crippen molar-refractivity contribution in [2.45, 2.75) is 37.2 Å². The van der Waals surface area contributed by atoms with Crippen LogP contribution in [0.5, 0.6) is 0 Å². The Labute approximate surface area is 198 Å². The number of amides is 2. The Morgan fingerprint density at radius 1 is 1.35 bits per heavy atom. The van der Waals surface area contributed by atoms with Crippen LogP contribution >= 0.6 is 39.1 Å².